The Balaban J connectivity index is 1.83. The van der Waals surface area contributed by atoms with Crippen molar-refractivity contribution in [3.63, 3.8) is 0 Å². The minimum Gasteiger partial charge on any atom is -0.397 e. The van der Waals surface area contributed by atoms with Crippen LogP contribution in [0.5, 0.6) is 0 Å². The third-order valence-corrected chi connectivity index (χ3v) is 6.24. The number of halogens is 1. The topological polar surface area (TPSA) is 89.5 Å². The summed E-state index contributed by atoms with van der Waals surface area (Å²) >= 11 is 0.942. The summed E-state index contributed by atoms with van der Waals surface area (Å²) in [6.45, 7) is 6.00. The predicted octanol–water partition coefficient (Wildman–Crippen LogP) is 6.21. The van der Waals surface area contributed by atoms with E-state index in [2.05, 4.69) is 0 Å². The molecular weight excluding hydrogens is 465 g/mol. The number of nitrogens with zero attached hydrogens (tertiary/aromatic N) is 2. The summed E-state index contributed by atoms with van der Waals surface area (Å²) in [7, 11) is 0. The van der Waals surface area contributed by atoms with Crippen molar-refractivity contribution in [2.75, 3.05) is 10.6 Å². The number of anilines is 2. The lowest BCUT2D eigenvalue weighted by Crippen LogP contribution is -2.31. The van der Waals surface area contributed by atoms with E-state index in [1.807, 2.05) is 12.1 Å². The summed E-state index contributed by atoms with van der Waals surface area (Å²) < 4.78 is 13.7. The van der Waals surface area contributed by atoms with Gasteiger partial charge in [-0.25, -0.2) is 4.39 Å². The molecule has 2 radical (unpaired) electrons. The van der Waals surface area contributed by atoms with Gasteiger partial charge in [0.2, 0.25) is 0 Å². The van der Waals surface area contributed by atoms with Crippen molar-refractivity contribution in [2.24, 2.45) is 0 Å². The van der Waals surface area contributed by atoms with Gasteiger partial charge in [-0.05, 0) is 60.0 Å². The Morgan fingerprint density at radius 3 is 2.34 bits per heavy atom. The maximum absolute atomic E-state index is 14.1. The molecule has 0 spiro atoms. The lowest BCUT2D eigenvalue weighted by molar-refractivity contribution is -0.380. The van der Waals surface area contributed by atoms with Gasteiger partial charge in [-0.15, -0.1) is 0 Å². The molecule has 35 heavy (non-hydrogen) atoms. The fourth-order valence-electron chi connectivity index (χ4n) is 3.51. The number of carbonyl (C=O) groups excluding carboxylic acids is 1. The van der Waals surface area contributed by atoms with Gasteiger partial charge in [0.1, 0.15) is 5.82 Å². The monoisotopic (exact) mass is 485 g/mol. The van der Waals surface area contributed by atoms with Crippen LogP contribution in [0, 0.1) is 22.9 Å². The van der Waals surface area contributed by atoms with Crippen molar-refractivity contribution in [3.05, 3.63) is 129 Å². The summed E-state index contributed by atoms with van der Waals surface area (Å²) in [4.78, 5) is 26.8. The van der Waals surface area contributed by atoms with Crippen molar-refractivity contribution in [1.29, 1.82) is 0 Å². The second-order valence-corrected chi connectivity index (χ2v) is 8.78. The third kappa shape index (κ3) is 5.62. The van der Waals surface area contributed by atoms with Crippen molar-refractivity contribution in [2.45, 2.75) is 6.54 Å². The molecular formula is C27H20FN3O3S. The Kier molecular flexibility index (Phi) is 7.03. The smallest absolute Gasteiger partial charge is 0.324 e. The molecule has 3 aromatic carbocycles. The summed E-state index contributed by atoms with van der Waals surface area (Å²) in [6, 6.07) is 22.6. The van der Waals surface area contributed by atoms with Gasteiger partial charge in [-0.1, -0.05) is 59.9 Å². The number of hydrogen-bond donors (Lipinski definition) is 1. The van der Waals surface area contributed by atoms with Gasteiger partial charge in [0.15, 0.2) is 0 Å². The van der Waals surface area contributed by atoms with E-state index in [1.54, 1.807) is 48.5 Å². The minimum absolute atomic E-state index is 0.0480. The minimum atomic E-state index is -0.487. The maximum atomic E-state index is 14.1. The Morgan fingerprint density at radius 2 is 1.71 bits per heavy atom. The zero-order valence-electron chi connectivity index (χ0n) is 18.4. The number of thiophene rings is 1. The first-order valence-electron chi connectivity index (χ1n) is 10.5. The Labute approximate surface area is 205 Å². The number of nitro groups is 1. The van der Waals surface area contributed by atoms with E-state index in [9.17, 15) is 19.3 Å². The van der Waals surface area contributed by atoms with Crippen LogP contribution >= 0.6 is 11.3 Å². The van der Waals surface area contributed by atoms with Crippen LogP contribution in [-0.4, -0.2) is 10.8 Å². The van der Waals surface area contributed by atoms with E-state index in [1.165, 1.54) is 35.2 Å². The highest BCUT2D eigenvalue weighted by Crippen LogP contribution is 2.32. The molecule has 0 atom stereocenters. The molecule has 6 nitrogen and oxygen atoms in total. The van der Waals surface area contributed by atoms with E-state index in [-0.39, 0.29) is 17.1 Å². The van der Waals surface area contributed by atoms with Crippen LogP contribution in [0.1, 0.15) is 21.6 Å². The fourth-order valence-corrected chi connectivity index (χ4v) is 4.27. The number of para-hydroxylation sites is 2. The molecule has 2 N–H and O–H groups in total. The number of carbonyl (C=O) groups is 1. The van der Waals surface area contributed by atoms with Gasteiger partial charge >= 0.3 is 5.00 Å². The lowest BCUT2D eigenvalue weighted by Gasteiger charge is -2.26. The first kappa shape index (κ1) is 23.8. The Bertz CT molecular complexity index is 1400. The van der Waals surface area contributed by atoms with E-state index >= 15 is 0 Å². The normalized spacial score (nSPS) is 11.3. The molecule has 1 amide bonds. The zero-order valence-corrected chi connectivity index (χ0v) is 19.2. The van der Waals surface area contributed by atoms with Crippen LogP contribution in [0.3, 0.4) is 0 Å². The van der Waals surface area contributed by atoms with Crippen molar-refractivity contribution in [3.8, 4) is 0 Å². The van der Waals surface area contributed by atoms with Gasteiger partial charge < -0.3 is 10.6 Å². The highest BCUT2D eigenvalue weighted by molar-refractivity contribution is 7.16. The Hall–Kier alpha value is -4.30. The molecule has 1 aromatic heterocycles. The number of hydrogen-bond acceptors (Lipinski definition) is 5. The molecule has 4 aromatic rings. The van der Waals surface area contributed by atoms with Crippen LogP contribution in [0.15, 0.2) is 84.9 Å². The first-order chi connectivity index (χ1) is 16.8. The molecule has 0 saturated heterocycles. The van der Waals surface area contributed by atoms with E-state index < -0.39 is 16.6 Å². The second kappa shape index (κ2) is 10.3. The summed E-state index contributed by atoms with van der Waals surface area (Å²) in [6.07, 6.45) is 1.57. The number of nitrogens with two attached hydrogens (primary N) is 1. The van der Waals surface area contributed by atoms with Crippen molar-refractivity contribution >= 4 is 45.3 Å². The van der Waals surface area contributed by atoms with Crippen LogP contribution in [-0.2, 0) is 11.3 Å². The van der Waals surface area contributed by atoms with Gasteiger partial charge in [0, 0.05) is 16.5 Å². The number of nitrogen functional groups attached to an aromatic ring is 1. The highest BCUT2D eigenvalue weighted by atomic mass is 32.1. The molecule has 0 unspecified atom stereocenters. The van der Waals surface area contributed by atoms with E-state index in [0.717, 1.165) is 16.9 Å². The lowest BCUT2D eigenvalue weighted by atomic mass is 10.0. The molecule has 0 saturated carbocycles. The van der Waals surface area contributed by atoms with E-state index in [4.69, 9.17) is 12.7 Å². The molecule has 8 heteroatoms. The highest BCUT2D eigenvalue weighted by Gasteiger charge is 2.24. The maximum Gasteiger partial charge on any atom is 0.324 e. The number of benzene rings is 3. The first-order valence-corrected chi connectivity index (χ1v) is 11.4. The molecule has 0 bridgehead atoms. The summed E-state index contributed by atoms with van der Waals surface area (Å²) in [5.74, 6) is -0.847. The SMILES string of the molecule is [CH]c1ccc(CN(C(=O)C(=Cc2ccc([N+](=O)[O-])s2)c2ccc(F)cc2)c2ccccc2N)cc1. The molecule has 1 heterocycles. The van der Waals surface area contributed by atoms with Gasteiger partial charge in [-0.2, -0.15) is 0 Å². The van der Waals surface area contributed by atoms with Gasteiger partial charge in [0.25, 0.3) is 5.91 Å². The summed E-state index contributed by atoms with van der Waals surface area (Å²) in [5.41, 5.74) is 9.25. The molecule has 0 aliphatic carbocycles. The quantitative estimate of drug-likeness (QED) is 0.146. The average molecular weight is 486 g/mol. The van der Waals surface area contributed by atoms with Crippen molar-refractivity contribution < 1.29 is 14.1 Å². The van der Waals surface area contributed by atoms with E-state index in [0.29, 0.717) is 27.4 Å². The van der Waals surface area contributed by atoms with Gasteiger partial charge in [-0.3, -0.25) is 14.9 Å². The second-order valence-electron chi connectivity index (χ2n) is 7.69. The number of amides is 1. The molecule has 0 fully saturated rings. The van der Waals surface area contributed by atoms with Crippen LogP contribution in [0.4, 0.5) is 20.8 Å². The Morgan fingerprint density at radius 1 is 1.03 bits per heavy atom. The largest absolute Gasteiger partial charge is 0.397 e. The fraction of sp³-hybridized carbons (Fsp3) is 0.0370. The van der Waals surface area contributed by atoms with Crippen LogP contribution < -0.4 is 10.6 Å². The molecule has 0 aliphatic rings. The van der Waals surface area contributed by atoms with Crippen LogP contribution in [0.25, 0.3) is 11.6 Å². The molecule has 174 valence electrons. The molecule has 0 aliphatic heterocycles. The van der Waals surface area contributed by atoms with Crippen LogP contribution in [0.2, 0.25) is 0 Å². The predicted molar refractivity (Wildman–Crippen MR) is 137 cm³/mol. The molecule has 4 rings (SSSR count). The average Bonchev–Trinajstić information content (AvgIpc) is 3.32. The van der Waals surface area contributed by atoms with Gasteiger partial charge in [0.05, 0.1) is 22.8 Å². The third-order valence-electron chi connectivity index (χ3n) is 5.26. The zero-order chi connectivity index (χ0) is 24.9. The number of rotatable bonds is 7. The van der Waals surface area contributed by atoms with Crippen molar-refractivity contribution in [1.82, 2.24) is 0 Å². The standard InChI is InChI=1S/C27H20FN3O3S/c1-18-6-8-19(9-7-18)17-30(25-5-3-2-4-24(25)29)27(32)23(20-10-12-21(28)13-11-20)16-22-14-15-26(35-22)31(33)34/h1-16H,17,29H2. The summed E-state index contributed by atoms with van der Waals surface area (Å²) in [5, 5.41) is 11.1.